The number of para-hydroxylation sites is 1. The van der Waals surface area contributed by atoms with Gasteiger partial charge in [-0.3, -0.25) is 4.79 Å². The maximum atomic E-state index is 14.4. The molecule has 46 heavy (non-hydrogen) atoms. The average molecular weight is 635 g/mol. The Bertz CT molecular complexity index is 1630. The third-order valence-corrected chi connectivity index (χ3v) is 7.17. The Morgan fingerprint density at radius 2 is 1.59 bits per heavy atom. The molecule has 0 unspecified atom stereocenters. The highest BCUT2D eigenvalue weighted by Gasteiger charge is 2.28. The van der Waals surface area contributed by atoms with Gasteiger partial charge in [-0.25, -0.2) is 23.5 Å². The van der Waals surface area contributed by atoms with Gasteiger partial charge < -0.3 is 29.3 Å². The molecule has 1 aromatic heterocycles. The Morgan fingerprint density at radius 1 is 0.891 bits per heavy atom. The second-order valence-corrected chi connectivity index (χ2v) is 9.99. The standard InChI is InChI=1S/C33H36F2N6O5/c1-6-40(7-2)20-19-39(3)31(42)22-11-13-23(14-12-22)37-32-36-18-17-29(38-32)41(27-16-15-24(44-4)21-28(27)45-5)33(43)46-30-25(34)9-8-10-26(30)35/h8-18,21H,6-7,19-20H2,1-5H3,(H,36,37,38). The Hall–Kier alpha value is -5.30. The number of benzene rings is 3. The van der Waals surface area contributed by atoms with E-state index in [2.05, 4.69) is 34.0 Å². The molecule has 4 aromatic rings. The van der Waals surface area contributed by atoms with E-state index in [1.807, 2.05) is 0 Å². The molecule has 11 nitrogen and oxygen atoms in total. The summed E-state index contributed by atoms with van der Waals surface area (Å²) in [5, 5.41) is 3.05. The lowest BCUT2D eigenvalue weighted by Gasteiger charge is -2.24. The van der Waals surface area contributed by atoms with E-state index in [1.165, 1.54) is 38.6 Å². The first-order valence-electron chi connectivity index (χ1n) is 14.5. The second-order valence-electron chi connectivity index (χ2n) is 9.99. The van der Waals surface area contributed by atoms with Crippen LogP contribution in [0.3, 0.4) is 0 Å². The van der Waals surface area contributed by atoms with Crippen LogP contribution in [0.25, 0.3) is 0 Å². The predicted octanol–water partition coefficient (Wildman–Crippen LogP) is 6.27. The molecule has 0 saturated heterocycles. The first-order chi connectivity index (χ1) is 22.2. The molecular formula is C33H36F2N6O5. The van der Waals surface area contributed by atoms with Crippen LogP contribution in [0.4, 0.5) is 36.7 Å². The summed E-state index contributed by atoms with van der Waals surface area (Å²) >= 11 is 0. The fourth-order valence-corrected chi connectivity index (χ4v) is 4.51. The van der Waals surface area contributed by atoms with Crippen LogP contribution < -0.4 is 24.4 Å². The zero-order chi connectivity index (χ0) is 33.2. The molecule has 2 amide bonds. The molecule has 0 fully saturated rings. The molecule has 13 heteroatoms. The first kappa shape index (κ1) is 33.6. The quantitative estimate of drug-likeness (QED) is 0.182. The van der Waals surface area contributed by atoms with Gasteiger partial charge in [-0.05, 0) is 61.6 Å². The molecule has 0 aliphatic rings. The smallest absolute Gasteiger partial charge is 0.425 e. The van der Waals surface area contributed by atoms with Gasteiger partial charge in [0, 0.05) is 49.7 Å². The zero-order valence-corrected chi connectivity index (χ0v) is 26.3. The van der Waals surface area contributed by atoms with Crippen molar-refractivity contribution >= 4 is 35.1 Å². The van der Waals surface area contributed by atoms with Crippen LogP contribution in [0.2, 0.25) is 0 Å². The Morgan fingerprint density at radius 3 is 2.22 bits per heavy atom. The monoisotopic (exact) mass is 634 g/mol. The van der Waals surface area contributed by atoms with E-state index >= 15 is 0 Å². The fraction of sp³-hybridized carbons (Fsp3) is 0.273. The zero-order valence-electron chi connectivity index (χ0n) is 26.3. The number of likely N-dealkylation sites (N-methyl/N-ethyl adjacent to an activating group) is 2. The molecule has 242 valence electrons. The van der Waals surface area contributed by atoms with Gasteiger partial charge in [0.15, 0.2) is 11.6 Å². The van der Waals surface area contributed by atoms with Crippen molar-refractivity contribution in [3.05, 3.63) is 90.1 Å². The van der Waals surface area contributed by atoms with Crippen molar-refractivity contribution in [3.8, 4) is 17.2 Å². The summed E-state index contributed by atoms with van der Waals surface area (Å²) in [5.41, 5.74) is 1.25. The van der Waals surface area contributed by atoms with Crippen molar-refractivity contribution in [3.63, 3.8) is 0 Å². The number of nitrogens with one attached hydrogen (secondary N) is 1. The van der Waals surface area contributed by atoms with Gasteiger partial charge in [0.2, 0.25) is 11.7 Å². The number of rotatable bonds is 13. The summed E-state index contributed by atoms with van der Waals surface area (Å²) in [4.78, 5) is 40.1. The molecule has 1 N–H and O–H groups in total. The third kappa shape index (κ3) is 8.04. The summed E-state index contributed by atoms with van der Waals surface area (Å²) in [7, 11) is 4.63. The number of methoxy groups -OCH3 is 2. The minimum absolute atomic E-state index is 0.00402. The van der Waals surface area contributed by atoms with Gasteiger partial charge in [-0.15, -0.1) is 0 Å². The largest absolute Gasteiger partial charge is 0.497 e. The Balaban J connectivity index is 1.60. The maximum Gasteiger partial charge on any atom is 0.425 e. The van der Waals surface area contributed by atoms with E-state index < -0.39 is 23.5 Å². The van der Waals surface area contributed by atoms with Crippen molar-refractivity contribution in [2.75, 3.05) is 57.7 Å². The van der Waals surface area contributed by atoms with E-state index in [0.717, 1.165) is 42.7 Å². The predicted molar refractivity (Wildman–Crippen MR) is 171 cm³/mol. The molecule has 0 bridgehead atoms. The lowest BCUT2D eigenvalue weighted by atomic mass is 10.2. The SMILES string of the molecule is CCN(CC)CCN(C)C(=O)c1ccc(Nc2nccc(N(C(=O)Oc3c(F)cccc3F)c3ccc(OC)cc3OC)n2)cc1. The number of nitrogens with zero attached hydrogens (tertiary/aromatic N) is 5. The van der Waals surface area contributed by atoms with E-state index in [0.29, 0.717) is 23.5 Å². The van der Waals surface area contributed by atoms with Crippen LogP contribution >= 0.6 is 0 Å². The van der Waals surface area contributed by atoms with Gasteiger partial charge in [0.05, 0.1) is 19.9 Å². The number of ether oxygens (including phenoxy) is 3. The first-order valence-corrected chi connectivity index (χ1v) is 14.5. The highest BCUT2D eigenvalue weighted by atomic mass is 19.1. The average Bonchev–Trinajstić information content (AvgIpc) is 3.07. The lowest BCUT2D eigenvalue weighted by Crippen LogP contribution is -2.36. The number of halogens is 2. The molecular weight excluding hydrogens is 598 g/mol. The molecule has 3 aromatic carbocycles. The normalized spacial score (nSPS) is 10.8. The number of amides is 2. The minimum atomic E-state index is -1.16. The Kier molecular flexibility index (Phi) is 11.4. The number of carbonyl (C=O) groups excluding carboxylic acids is 2. The number of hydrogen-bond donors (Lipinski definition) is 1. The van der Waals surface area contributed by atoms with Crippen LogP contribution in [-0.2, 0) is 0 Å². The summed E-state index contributed by atoms with van der Waals surface area (Å²) in [6, 6.07) is 15.9. The lowest BCUT2D eigenvalue weighted by molar-refractivity contribution is 0.0779. The van der Waals surface area contributed by atoms with Gasteiger partial charge in [-0.1, -0.05) is 19.9 Å². The van der Waals surface area contributed by atoms with E-state index in [1.54, 1.807) is 42.3 Å². The summed E-state index contributed by atoms with van der Waals surface area (Å²) in [6.45, 7) is 7.39. The van der Waals surface area contributed by atoms with Crippen LogP contribution in [0, 0.1) is 11.6 Å². The van der Waals surface area contributed by atoms with Gasteiger partial charge in [0.25, 0.3) is 5.91 Å². The summed E-state index contributed by atoms with van der Waals surface area (Å²) < 4.78 is 44.8. The molecule has 0 aliphatic carbocycles. The van der Waals surface area contributed by atoms with E-state index in [-0.39, 0.29) is 29.1 Å². The van der Waals surface area contributed by atoms with Crippen molar-refractivity contribution < 1.29 is 32.6 Å². The molecule has 0 aliphatic heterocycles. The maximum absolute atomic E-state index is 14.4. The summed E-state index contributed by atoms with van der Waals surface area (Å²) in [5.74, 6) is -2.36. The van der Waals surface area contributed by atoms with Crippen LogP contribution in [0.15, 0.2) is 72.9 Å². The third-order valence-electron chi connectivity index (χ3n) is 7.17. The van der Waals surface area contributed by atoms with Crippen molar-refractivity contribution in [1.29, 1.82) is 0 Å². The highest BCUT2D eigenvalue weighted by Crippen LogP contribution is 2.37. The number of aromatic nitrogens is 2. The summed E-state index contributed by atoms with van der Waals surface area (Å²) in [6.07, 6.45) is 0.234. The topological polar surface area (TPSA) is 109 Å². The molecule has 4 rings (SSSR count). The molecule has 0 saturated carbocycles. The van der Waals surface area contributed by atoms with E-state index in [9.17, 15) is 18.4 Å². The number of carbonyl (C=O) groups is 2. The van der Waals surface area contributed by atoms with Crippen LogP contribution in [0.5, 0.6) is 17.2 Å². The van der Waals surface area contributed by atoms with Crippen molar-refractivity contribution in [2.24, 2.45) is 0 Å². The molecule has 0 spiro atoms. The molecule has 0 radical (unpaired) electrons. The van der Waals surface area contributed by atoms with Crippen molar-refractivity contribution in [1.82, 2.24) is 19.8 Å². The fourth-order valence-electron chi connectivity index (χ4n) is 4.51. The van der Waals surface area contributed by atoms with Gasteiger partial charge in [0.1, 0.15) is 17.3 Å². The van der Waals surface area contributed by atoms with Crippen molar-refractivity contribution in [2.45, 2.75) is 13.8 Å². The number of anilines is 4. The molecule has 0 atom stereocenters. The van der Waals surface area contributed by atoms with Gasteiger partial charge >= 0.3 is 6.09 Å². The van der Waals surface area contributed by atoms with E-state index in [4.69, 9.17) is 14.2 Å². The second kappa shape index (κ2) is 15.6. The van der Waals surface area contributed by atoms with Gasteiger partial charge in [-0.2, -0.15) is 4.98 Å². The minimum Gasteiger partial charge on any atom is -0.497 e. The van der Waals surface area contributed by atoms with Crippen LogP contribution in [0.1, 0.15) is 24.2 Å². The highest BCUT2D eigenvalue weighted by molar-refractivity contribution is 5.98. The Labute approximate surface area is 266 Å². The molecule has 1 heterocycles. The van der Waals surface area contributed by atoms with Crippen LogP contribution in [-0.4, -0.2) is 79.2 Å². The number of hydrogen-bond acceptors (Lipinski definition) is 9.